The van der Waals surface area contributed by atoms with Gasteiger partial charge in [0.15, 0.2) is 0 Å². The zero-order chi connectivity index (χ0) is 19.7. The fraction of sp³-hybridized carbons (Fsp3) is 0.550. The van der Waals surface area contributed by atoms with Crippen LogP contribution in [0, 0.1) is 11.8 Å². The molecule has 150 valence electrons. The second-order valence-electron chi connectivity index (χ2n) is 7.98. The van der Waals surface area contributed by atoms with E-state index in [1.54, 1.807) is 11.3 Å². The first-order valence-electron chi connectivity index (χ1n) is 10.1. The second kappa shape index (κ2) is 7.89. The molecule has 1 aromatic heterocycles. The Bertz CT molecular complexity index is 799. The molecule has 8 nitrogen and oxygen atoms in total. The van der Waals surface area contributed by atoms with Crippen LogP contribution < -0.4 is 11.6 Å². The van der Waals surface area contributed by atoms with Crippen molar-refractivity contribution in [1.82, 2.24) is 14.9 Å². The summed E-state index contributed by atoms with van der Waals surface area (Å²) in [6.07, 6.45) is 9.87. The number of carbonyl (C=O) groups excluding carboxylic acids is 1. The van der Waals surface area contributed by atoms with E-state index in [9.17, 15) is 4.79 Å². The summed E-state index contributed by atoms with van der Waals surface area (Å²) in [5.74, 6) is 7.90. The maximum atomic E-state index is 12.2. The summed E-state index contributed by atoms with van der Waals surface area (Å²) in [5.41, 5.74) is 8.38. The van der Waals surface area contributed by atoms with Crippen molar-refractivity contribution in [1.29, 1.82) is 0 Å². The van der Waals surface area contributed by atoms with Gasteiger partial charge in [0.1, 0.15) is 12.2 Å². The third-order valence-electron chi connectivity index (χ3n) is 6.13. The van der Waals surface area contributed by atoms with Crippen LogP contribution in [-0.4, -0.2) is 53.0 Å². The fourth-order valence-corrected chi connectivity index (χ4v) is 4.50. The number of hydrazine groups is 1. The van der Waals surface area contributed by atoms with E-state index >= 15 is 0 Å². The predicted octanol–water partition coefficient (Wildman–Crippen LogP) is 1.99. The Hall–Kier alpha value is -2.45. The predicted molar refractivity (Wildman–Crippen MR) is 111 cm³/mol. The molecule has 0 aromatic carbocycles. The lowest BCUT2D eigenvalue weighted by Crippen LogP contribution is -2.41. The van der Waals surface area contributed by atoms with E-state index in [2.05, 4.69) is 21.7 Å². The maximum Gasteiger partial charge on any atom is 0.236 e. The number of nitrogens with one attached hydrogen (secondary N) is 1. The largest absolute Gasteiger partial charge is 0.346 e. The first kappa shape index (κ1) is 18.9. The standard InChI is InChI=1S/C20H29N7O/c1-23-18(19-16-8-9-24-20(16)25-12-27(19)22)14-4-2-13(3-5-14)11-26(15-6-7-15)17(28)10-21/h8-9,12-15,24H,1-7,10-11,21-22H2/b19-18-/t13-,14-. The monoisotopic (exact) mass is 383 g/mol. The number of aromatic amines is 1. The molecule has 28 heavy (non-hydrogen) atoms. The number of allylic oxidation sites excluding steroid dienone is 1. The normalized spacial score (nSPS) is 26.0. The number of amides is 1. The van der Waals surface area contributed by atoms with Crippen LogP contribution in [0.25, 0.3) is 5.70 Å². The number of aromatic nitrogens is 1. The molecule has 1 amide bonds. The van der Waals surface area contributed by atoms with Gasteiger partial charge in [-0.25, -0.2) is 10.8 Å². The van der Waals surface area contributed by atoms with Crippen molar-refractivity contribution in [3.63, 3.8) is 0 Å². The molecule has 0 saturated heterocycles. The lowest BCUT2D eigenvalue weighted by Gasteiger charge is -2.34. The van der Waals surface area contributed by atoms with Gasteiger partial charge >= 0.3 is 0 Å². The number of H-pyrrole nitrogens is 1. The number of fused-ring (bicyclic) bond motifs is 1. The minimum Gasteiger partial charge on any atom is -0.346 e. The molecular formula is C20H29N7O. The molecule has 0 bridgehead atoms. The molecule has 2 heterocycles. The van der Waals surface area contributed by atoms with Gasteiger partial charge in [-0.1, -0.05) is 0 Å². The van der Waals surface area contributed by atoms with Gasteiger partial charge in [0.2, 0.25) is 5.91 Å². The van der Waals surface area contributed by atoms with Crippen molar-refractivity contribution in [3.05, 3.63) is 23.5 Å². The number of hydrogen-bond acceptors (Lipinski definition) is 6. The number of hydrogen-bond donors (Lipinski definition) is 3. The van der Waals surface area contributed by atoms with Crippen molar-refractivity contribution in [3.8, 4) is 0 Å². The van der Waals surface area contributed by atoms with Crippen molar-refractivity contribution in [2.24, 2.45) is 33.4 Å². The van der Waals surface area contributed by atoms with Crippen LogP contribution in [0.2, 0.25) is 0 Å². The number of nitrogens with zero attached hydrogens (tertiary/aromatic N) is 4. The average Bonchev–Trinajstić information content (AvgIpc) is 3.45. The molecule has 1 aromatic rings. The highest BCUT2D eigenvalue weighted by Crippen LogP contribution is 2.41. The average molecular weight is 384 g/mol. The summed E-state index contributed by atoms with van der Waals surface area (Å²) in [6.45, 7) is 4.76. The molecule has 8 heteroatoms. The molecule has 0 atom stereocenters. The molecule has 1 aliphatic heterocycles. The Balaban J connectivity index is 1.46. The summed E-state index contributed by atoms with van der Waals surface area (Å²) in [4.78, 5) is 26.0. The van der Waals surface area contributed by atoms with E-state index in [1.807, 2.05) is 17.2 Å². The third-order valence-corrected chi connectivity index (χ3v) is 6.13. The van der Waals surface area contributed by atoms with Crippen molar-refractivity contribution in [2.45, 2.75) is 44.6 Å². The molecule has 0 spiro atoms. The van der Waals surface area contributed by atoms with Gasteiger partial charge in [-0.15, -0.1) is 0 Å². The van der Waals surface area contributed by atoms with Gasteiger partial charge in [0.25, 0.3) is 0 Å². The smallest absolute Gasteiger partial charge is 0.236 e. The summed E-state index contributed by atoms with van der Waals surface area (Å²) < 4.78 is 0. The van der Waals surface area contributed by atoms with E-state index in [-0.39, 0.29) is 12.5 Å². The Labute approximate surface area is 165 Å². The van der Waals surface area contributed by atoms with Crippen molar-refractivity contribution < 1.29 is 4.79 Å². The summed E-state index contributed by atoms with van der Waals surface area (Å²) in [7, 11) is 0. The number of rotatable bonds is 6. The van der Waals surface area contributed by atoms with Gasteiger partial charge in [-0.2, -0.15) is 0 Å². The third kappa shape index (κ3) is 3.62. The number of nitrogens with two attached hydrogens (primary N) is 2. The fourth-order valence-electron chi connectivity index (χ4n) is 4.50. The molecule has 3 aliphatic rings. The molecule has 4 rings (SSSR count). The van der Waals surface area contributed by atoms with E-state index in [0.717, 1.165) is 67.8 Å². The highest BCUT2D eigenvalue weighted by molar-refractivity contribution is 5.87. The molecule has 2 saturated carbocycles. The van der Waals surface area contributed by atoms with Gasteiger partial charge in [-0.05, 0) is 57.2 Å². The van der Waals surface area contributed by atoms with Crippen LogP contribution in [0.15, 0.2) is 27.9 Å². The minimum atomic E-state index is 0.0837. The van der Waals surface area contributed by atoms with E-state index in [0.29, 0.717) is 17.9 Å². The van der Waals surface area contributed by atoms with E-state index in [1.165, 1.54) is 0 Å². The van der Waals surface area contributed by atoms with Crippen LogP contribution in [0.3, 0.4) is 0 Å². The summed E-state index contributed by atoms with van der Waals surface area (Å²) in [6, 6.07) is 2.39. The topological polar surface area (TPSA) is 116 Å². The van der Waals surface area contributed by atoms with Gasteiger partial charge < -0.3 is 15.6 Å². The minimum absolute atomic E-state index is 0.0837. The van der Waals surface area contributed by atoms with Crippen LogP contribution in [0.5, 0.6) is 0 Å². The zero-order valence-electron chi connectivity index (χ0n) is 16.2. The summed E-state index contributed by atoms with van der Waals surface area (Å²) >= 11 is 0. The van der Waals surface area contributed by atoms with E-state index in [4.69, 9.17) is 11.6 Å². The molecular weight excluding hydrogens is 354 g/mol. The Morgan fingerprint density at radius 1 is 1.32 bits per heavy atom. The quantitative estimate of drug-likeness (QED) is 0.514. The second-order valence-corrected chi connectivity index (χ2v) is 7.98. The van der Waals surface area contributed by atoms with Crippen molar-refractivity contribution >= 4 is 30.5 Å². The first-order valence-corrected chi connectivity index (χ1v) is 10.1. The lowest BCUT2D eigenvalue weighted by molar-refractivity contribution is -0.131. The first-order chi connectivity index (χ1) is 13.6. The molecule has 0 unspecified atom stereocenters. The Morgan fingerprint density at radius 2 is 2.07 bits per heavy atom. The van der Waals surface area contributed by atoms with Gasteiger partial charge in [0, 0.05) is 30.3 Å². The van der Waals surface area contributed by atoms with Crippen LogP contribution >= 0.6 is 0 Å². The Kier molecular flexibility index (Phi) is 5.32. The van der Waals surface area contributed by atoms with Gasteiger partial charge in [0.05, 0.1) is 17.9 Å². The lowest BCUT2D eigenvalue weighted by atomic mass is 9.79. The molecule has 5 N–H and O–H groups in total. The molecule has 2 fully saturated rings. The van der Waals surface area contributed by atoms with Crippen LogP contribution in [-0.2, 0) is 4.79 Å². The molecule has 2 aliphatic carbocycles. The van der Waals surface area contributed by atoms with Crippen LogP contribution in [0.4, 0.5) is 5.82 Å². The Morgan fingerprint density at radius 3 is 2.71 bits per heavy atom. The SMILES string of the molecule is C=N/C(=C1/c2cc[nH]c2N=CN1N)[C@H]1CC[C@H](CN(C(=O)CN)C2CC2)CC1. The van der Waals surface area contributed by atoms with Crippen molar-refractivity contribution in [2.75, 3.05) is 13.1 Å². The maximum absolute atomic E-state index is 12.2. The van der Waals surface area contributed by atoms with E-state index < -0.39 is 0 Å². The number of aliphatic imine (C=N–C) groups is 2. The molecule has 0 radical (unpaired) electrons. The van der Waals surface area contributed by atoms with Crippen LogP contribution in [0.1, 0.15) is 44.1 Å². The van der Waals surface area contributed by atoms with Gasteiger partial charge in [-0.3, -0.25) is 14.8 Å². The highest BCUT2D eigenvalue weighted by Gasteiger charge is 2.35. The zero-order valence-corrected chi connectivity index (χ0v) is 16.2. The summed E-state index contributed by atoms with van der Waals surface area (Å²) in [5, 5.41) is 1.54. The highest BCUT2D eigenvalue weighted by atomic mass is 16.2. The number of carbonyl (C=O) groups is 1.